The fourth-order valence-electron chi connectivity index (χ4n) is 4.11. The van der Waals surface area contributed by atoms with Crippen LogP contribution in [-0.4, -0.2) is 6.54 Å². The highest BCUT2D eigenvalue weighted by atomic mass is 14.9. The average molecular weight is 257 g/mol. The number of aryl methyl sites for hydroxylation is 2. The van der Waals surface area contributed by atoms with Crippen LogP contribution in [0.25, 0.3) is 0 Å². The van der Waals surface area contributed by atoms with Crippen LogP contribution < -0.4 is 5.32 Å². The van der Waals surface area contributed by atoms with Crippen molar-refractivity contribution < 1.29 is 0 Å². The van der Waals surface area contributed by atoms with E-state index in [4.69, 9.17) is 0 Å². The summed E-state index contributed by atoms with van der Waals surface area (Å²) < 4.78 is 0. The first kappa shape index (κ1) is 13.2. The summed E-state index contributed by atoms with van der Waals surface area (Å²) in [5.41, 5.74) is 4.37. The molecule has 1 N–H and O–H groups in total. The number of hydrogen-bond donors (Lipinski definition) is 1. The van der Waals surface area contributed by atoms with Crippen molar-refractivity contribution in [3.63, 3.8) is 0 Å². The molecule has 2 aliphatic rings. The number of fused-ring (bicyclic) bond motifs is 1. The molecule has 1 nitrogen and oxygen atoms in total. The summed E-state index contributed by atoms with van der Waals surface area (Å²) in [6.45, 7) is 7.86. The molecule has 0 aromatic heterocycles. The predicted molar refractivity (Wildman–Crippen MR) is 81.3 cm³/mol. The number of nitrogens with one attached hydrogen (secondary N) is 1. The van der Waals surface area contributed by atoms with Crippen molar-refractivity contribution in [1.29, 1.82) is 0 Å². The first-order valence-electron chi connectivity index (χ1n) is 8.03. The van der Waals surface area contributed by atoms with Gasteiger partial charge in [0, 0.05) is 6.04 Å². The molecule has 1 aromatic carbocycles. The Morgan fingerprint density at radius 2 is 1.89 bits per heavy atom. The molecule has 0 saturated heterocycles. The molecule has 1 aromatic rings. The van der Waals surface area contributed by atoms with Gasteiger partial charge in [0.25, 0.3) is 0 Å². The molecule has 2 saturated carbocycles. The summed E-state index contributed by atoms with van der Waals surface area (Å²) in [7, 11) is 0. The van der Waals surface area contributed by atoms with E-state index in [0.29, 0.717) is 6.04 Å². The maximum Gasteiger partial charge on any atom is 0.0354 e. The number of hydrogen-bond acceptors (Lipinski definition) is 1. The van der Waals surface area contributed by atoms with Gasteiger partial charge < -0.3 is 5.32 Å². The van der Waals surface area contributed by atoms with Gasteiger partial charge in [-0.05, 0) is 74.1 Å². The van der Waals surface area contributed by atoms with E-state index in [2.05, 4.69) is 44.3 Å². The Labute approximate surface area is 117 Å². The van der Waals surface area contributed by atoms with Crippen LogP contribution in [-0.2, 0) is 0 Å². The van der Waals surface area contributed by atoms with E-state index in [1.165, 1.54) is 42.4 Å². The first-order valence-corrected chi connectivity index (χ1v) is 8.03. The smallest absolute Gasteiger partial charge is 0.0354 e. The Morgan fingerprint density at radius 3 is 2.53 bits per heavy atom. The SMILES string of the molecule is CCCNC(c1ccc(C)c(C)c1)C1C2CCCC21. The van der Waals surface area contributed by atoms with Crippen molar-refractivity contribution in [2.45, 2.75) is 52.5 Å². The highest BCUT2D eigenvalue weighted by Crippen LogP contribution is 2.62. The van der Waals surface area contributed by atoms with Crippen molar-refractivity contribution >= 4 is 0 Å². The zero-order chi connectivity index (χ0) is 13.4. The van der Waals surface area contributed by atoms with E-state index in [9.17, 15) is 0 Å². The van der Waals surface area contributed by atoms with E-state index < -0.39 is 0 Å². The summed E-state index contributed by atoms with van der Waals surface area (Å²) in [6, 6.07) is 7.67. The van der Waals surface area contributed by atoms with Gasteiger partial charge in [-0.2, -0.15) is 0 Å². The van der Waals surface area contributed by atoms with Crippen molar-refractivity contribution in [3.8, 4) is 0 Å². The van der Waals surface area contributed by atoms with Crippen molar-refractivity contribution in [2.24, 2.45) is 17.8 Å². The van der Waals surface area contributed by atoms with E-state index in [-0.39, 0.29) is 0 Å². The molecule has 3 unspecified atom stereocenters. The zero-order valence-corrected chi connectivity index (χ0v) is 12.6. The lowest BCUT2D eigenvalue weighted by molar-refractivity contribution is 0.417. The molecule has 0 spiro atoms. The monoisotopic (exact) mass is 257 g/mol. The van der Waals surface area contributed by atoms with Crippen molar-refractivity contribution in [1.82, 2.24) is 5.32 Å². The maximum absolute atomic E-state index is 3.82. The molecule has 1 heteroatoms. The lowest BCUT2D eigenvalue weighted by atomic mass is 9.94. The van der Waals surface area contributed by atoms with Crippen LogP contribution in [0.1, 0.15) is 55.3 Å². The Bertz CT molecular complexity index is 441. The van der Waals surface area contributed by atoms with Crippen LogP contribution in [0.5, 0.6) is 0 Å². The van der Waals surface area contributed by atoms with Crippen LogP contribution in [0.15, 0.2) is 18.2 Å². The van der Waals surface area contributed by atoms with Crippen LogP contribution in [0.2, 0.25) is 0 Å². The highest BCUT2D eigenvalue weighted by Gasteiger charge is 2.55. The summed E-state index contributed by atoms with van der Waals surface area (Å²) in [6.07, 6.45) is 5.65. The van der Waals surface area contributed by atoms with Gasteiger partial charge in [-0.1, -0.05) is 31.5 Å². The normalized spacial score (nSPS) is 30.2. The molecule has 3 atom stereocenters. The third-order valence-electron chi connectivity index (χ3n) is 5.36. The van der Waals surface area contributed by atoms with Crippen LogP contribution >= 0.6 is 0 Å². The lowest BCUT2D eigenvalue weighted by Gasteiger charge is -2.22. The fraction of sp³-hybridized carbons (Fsp3) is 0.667. The summed E-state index contributed by atoms with van der Waals surface area (Å²) in [5.74, 6) is 2.97. The van der Waals surface area contributed by atoms with Crippen LogP contribution in [0.4, 0.5) is 0 Å². The molecular formula is C18H27N. The van der Waals surface area contributed by atoms with Gasteiger partial charge in [-0.3, -0.25) is 0 Å². The molecule has 19 heavy (non-hydrogen) atoms. The second-order valence-corrected chi connectivity index (χ2v) is 6.61. The predicted octanol–water partition coefficient (Wildman–Crippen LogP) is 4.39. The van der Waals surface area contributed by atoms with Crippen molar-refractivity contribution in [2.75, 3.05) is 6.54 Å². The van der Waals surface area contributed by atoms with Gasteiger partial charge in [-0.25, -0.2) is 0 Å². The van der Waals surface area contributed by atoms with Gasteiger partial charge in [0.05, 0.1) is 0 Å². The first-order chi connectivity index (χ1) is 9.22. The summed E-state index contributed by atoms with van der Waals surface area (Å²) in [5, 5.41) is 3.82. The fourth-order valence-corrected chi connectivity index (χ4v) is 4.11. The molecular weight excluding hydrogens is 230 g/mol. The van der Waals surface area contributed by atoms with Gasteiger partial charge in [0.15, 0.2) is 0 Å². The topological polar surface area (TPSA) is 12.0 Å². The largest absolute Gasteiger partial charge is 0.310 e. The molecule has 2 aliphatic carbocycles. The van der Waals surface area contributed by atoms with E-state index in [0.717, 1.165) is 24.3 Å². The molecule has 0 amide bonds. The van der Waals surface area contributed by atoms with E-state index in [1.54, 1.807) is 0 Å². The van der Waals surface area contributed by atoms with Crippen molar-refractivity contribution in [3.05, 3.63) is 34.9 Å². The second kappa shape index (κ2) is 5.28. The minimum absolute atomic E-state index is 0.606. The van der Waals surface area contributed by atoms with Gasteiger partial charge in [-0.15, -0.1) is 0 Å². The minimum atomic E-state index is 0.606. The lowest BCUT2D eigenvalue weighted by Crippen LogP contribution is -2.25. The molecule has 2 fully saturated rings. The number of rotatable bonds is 5. The maximum atomic E-state index is 3.82. The van der Waals surface area contributed by atoms with Gasteiger partial charge in [0.1, 0.15) is 0 Å². The molecule has 104 valence electrons. The number of benzene rings is 1. The molecule has 0 heterocycles. The zero-order valence-electron chi connectivity index (χ0n) is 12.6. The van der Waals surface area contributed by atoms with Crippen LogP contribution in [0.3, 0.4) is 0 Å². The Morgan fingerprint density at radius 1 is 1.16 bits per heavy atom. The highest BCUT2D eigenvalue weighted by molar-refractivity contribution is 5.33. The van der Waals surface area contributed by atoms with Gasteiger partial charge in [0.2, 0.25) is 0 Å². The quantitative estimate of drug-likeness (QED) is 0.825. The van der Waals surface area contributed by atoms with E-state index >= 15 is 0 Å². The standard InChI is InChI=1S/C18H27N/c1-4-10-19-18(17-15-6-5-7-16(15)17)14-9-8-12(2)13(3)11-14/h8-9,11,15-19H,4-7,10H2,1-3H3. The van der Waals surface area contributed by atoms with Crippen LogP contribution in [0, 0.1) is 31.6 Å². The average Bonchev–Trinajstić information content (AvgIpc) is 2.86. The Kier molecular flexibility index (Phi) is 3.66. The molecule has 0 aliphatic heterocycles. The van der Waals surface area contributed by atoms with Gasteiger partial charge >= 0.3 is 0 Å². The second-order valence-electron chi connectivity index (χ2n) is 6.61. The van der Waals surface area contributed by atoms with E-state index in [1.807, 2.05) is 0 Å². The third-order valence-corrected chi connectivity index (χ3v) is 5.36. The molecule has 0 radical (unpaired) electrons. The minimum Gasteiger partial charge on any atom is -0.310 e. The third kappa shape index (κ3) is 2.45. The Hall–Kier alpha value is -0.820. The summed E-state index contributed by atoms with van der Waals surface area (Å²) in [4.78, 5) is 0. The summed E-state index contributed by atoms with van der Waals surface area (Å²) >= 11 is 0. The molecule has 0 bridgehead atoms. The molecule has 3 rings (SSSR count). The Balaban J connectivity index is 1.80.